The summed E-state index contributed by atoms with van der Waals surface area (Å²) in [5.74, 6) is -0.308. The lowest BCUT2D eigenvalue weighted by Crippen LogP contribution is -2.48. The summed E-state index contributed by atoms with van der Waals surface area (Å²) in [6.45, 7) is 3.11. The van der Waals surface area contributed by atoms with Crippen LogP contribution in [-0.4, -0.2) is 57.1 Å². The van der Waals surface area contributed by atoms with Gasteiger partial charge in [-0.1, -0.05) is 18.2 Å². The first-order valence-electron chi connectivity index (χ1n) is 10.7. The van der Waals surface area contributed by atoms with Crippen molar-refractivity contribution >= 4 is 33.2 Å². The molecular formula is C23H27N3O5S. The van der Waals surface area contributed by atoms with Crippen LogP contribution in [0.15, 0.2) is 42.5 Å². The van der Waals surface area contributed by atoms with Crippen LogP contribution >= 0.6 is 0 Å². The summed E-state index contributed by atoms with van der Waals surface area (Å²) in [5.41, 5.74) is 2.10. The van der Waals surface area contributed by atoms with E-state index in [9.17, 15) is 18.0 Å². The van der Waals surface area contributed by atoms with Crippen molar-refractivity contribution in [2.24, 2.45) is 0 Å². The number of amides is 2. The van der Waals surface area contributed by atoms with Crippen LogP contribution in [0.25, 0.3) is 0 Å². The van der Waals surface area contributed by atoms with Crippen LogP contribution in [-0.2, 0) is 14.8 Å². The fraction of sp³-hybridized carbons (Fsp3) is 0.391. The molecule has 1 N–H and O–H groups in total. The van der Waals surface area contributed by atoms with E-state index in [1.54, 1.807) is 47.4 Å². The van der Waals surface area contributed by atoms with E-state index in [1.807, 2.05) is 6.92 Å². The van der Waals surface area contributed by atoms with Gasteiger partial charge in [-0.2, -0.15) is 0 Å². The van der Waals surface area contributed by atoms with Gasteiger partial charge in [-0.25, -0.2) is 8.42 Å². The predicted octanol–water partition coefficient (Wildman–Crippen LogP) is 2.79. The van der Waals surface area contributed by atoms with Crippen molar-refractivity contribution in [3.63, 3.8) is 0 Å². The summed E-state index contributed by atoms with van der Waals surface area (Å²) in [5, 5.41) is 2.78. The Hall–Kier alpha value is -3.07. The fourth-order valence-corrected chi connectivity index (χ4v) is 4.98. The molecule has 0 aliphatic carbocycles. The molecule has 2 heterocycles. The number of hydrogen-bond acceptors (Lipinski definition) is 5. The maximum atomic E-state index is 13.1. The van der Waals surface area contributed by atoms with Crippen molar-refractivity contribution in [1.29, 1.82) is 0 Å². The molecular weight excluding hydrogens is 430 g/mol. The molecule has 0 bridgehead atoms. The number of nitrogens with zero attached hydrogens (tertiary/aromatic N) is 2. The van der Waals surface area contributed by atoms with Gasteiger partial charge in [0.05, 0.1) is 29.7 Å². The summed E-state index contributed by atoms with van der Waals surface area (Å²) in [4.78, 5) is 27.9. The summed E-state index contributed by atoms with van der Waals surface area (Å²) >= 11 is 0. The number of benzene rings is 2. The molecule has 1 atom stereocenters. The minimum atomic E-state index is -3.62. The molecule has 2 aliphatic heterocycles. The van der Waals surface area contributed by atoms with Crippen LogP contribution in [0.1, 0.15) is 35.2 Å². The Morgan fingerprint density at radius 2 is 1.78 bits per heavy atom. The summed E-state index contributed by atoms with van der Waals surface area (Å²) < 4.78 is 31.8. The van der Waals surface area contributed by atoms with Crippen molar-refractivity contribution < 1.29 is 22.7 Å². The van der Waals surface area contributed by atoms with Gasteiger partial charge in [0, 0.05) is 13.1 Å². The van der Waals surface area contributed by atoms with E-state index in [1.165, 1.54) is 4.31 Å². The number of carbonyl (C=O) groups is 2. The number of hydrogen-bond donors (Lipinski definition) is 1. The van der Waals surface area contributed by atoms with Crippen molar-refractivity contribution in [2.75, 3.05) is 35.5 Å². The highest BCUT2D eigenvalue weighted by atomic mass is 32.2. The first-order chi connectivity index (χ1) is 15.2. The Balaban J connectivity index is 1.57. The highest BCUT2D eigenvalue weighted by molar-refractivity contribution is 7.92. The number of nitrogens with one attached hydrogen (secondary N) is 1. The molecule has 8 nitrogen and oxygen atoms in total. The third kappa shape index (κ3) is 4.57. The summed E-state index contributed by atoms with van der Waals surface area (Å²) in [6, 6.07) is 12.0. The molecule has 1 fully saturated rings. The second-order valence-electron chi connectivity index (χ2n) is 8.26. The number of piperidine rings is 1. The number of sulfonamides is 1. The van der Waals surface area contributed by atoms with Gasteiger partial charge in [0.1, 0.15) is 5.75 Å². The number of carbonyl (C=O) groups excluding carboxylic acids is 2. The second-order valence-corrected chi connectivity index (χ2v) is 10.2. The van der Waals surface area contributed by atoms with Gasteiger partial charge in [0.2, 0.25) is 10.0 Å². The minimum absolute atomic E-state index is 0.122. The average molecular weight is 458 g/mol. The highest BCUT2D eigenvalue weighted by Crippen LogP contribution is 2.36. The number of rotatable bonds is 4. The first kappa shape index (κ1) is 22.1. The molecule has 0 spiro atoms. The molecule has 32 heavy (non-hydrogen) atoms. The number of likely N-dealkylation sites (tertiary alicyclic amines) is 1. The molecule has 2 aromatic rings. The summed E-state index contributed by atoms with van der Waals surface area (Å²) in [6.07, 6.45) is 3.09. The Bertz CT molecular complexity index is 1140. The Morgan fingerprint density at radius 3 is 2.50 bits per heavy atom. The van der Waals surface area contributed by atoms with E-state index < -0.39 is 22.0 Å². The van der Waals surface area contributed by atoms with E-state index in [2.05, 4.69) is 5.32 Å². The standard InChI is InChI=1S/C23H27N3O5S/c1-16-10-11-20-19(14-16)26(32(2,29)30)15-21(31-20)22(27)24-18-9-5-4-8-17(18)23(28)25-12-6-3-7-13-25/h4-5,8-11,14,21H,3,6-7,12-13,15H2,1-2H3,(H,24,27). The van der Waals surface area contributed by atoms with Crippen LogP contribution in [0, 0.1) is 6.92 Å². The van der Waals surface area contributed by atoms with Crippen LogP contribution in [0.3, 0.4) is 0 Å². The number of aryl methyl sites for hydroxylation is 1. The van der Waals surface area contributed by atoms with Crippen LogP contribution in [0.4, 0.5) is 11.4 Å². The molecule has 2 amide bonds. The number of fused-ring (bicyclic) bond motifs is 1. The second kappa shape index (κ2) is 8.82. The van der Waals surface area contributed by atoms with Crippen molar-refractivity contribution in [3.05, 3.63) is 53.6 Å². The lowest BCUT2D eigenvalue weighted by Gasteiger charge is -2.34. The topological polar surface area (TPSA) is 96.0 Å². The molecule has 0 aromatic heterocycles. The minimum Gasteiger partial charge on any atom is -0.476 e. The third-order valence-corrected chi connectivity index (χ3v) is 6.88. The normalized spacial score (nSPS) is 18.5. The molecule has 1 saturated heterocycles. The average Bonchev–Trinajstić information content (AvgIpc) is 2.78. The van der Waals surface area contributed by atoms with E-state index >= 15 is 0 Å². The first-order valence-corrected chi connectivity index (χ1v) is 12.5. The molecule has 1 unspecified atom stereocenters. The molecule has 2 aliphatic rings. The Kier molecular flexibility index (Phi) is 6.10. The van der Waals surface area contributed by atoms with Crippen LogP contribution in [0.5, 0.6) is 5.75 Å². The number of anilines is 2. The lowest BCUT2D eigenvalue weighted by atomic mass is 10.1. The van der Waals surface area contributed by atoms with Crippen LogP contribution in [0.2, 0.25) is 0 Å². The number of ether oxygens (including phenoxy) is 1. The predicted molar refractivity (Wildman–Crippen MR) is 123 cm³/mol. The SMILES string of the molecule is Cc1ccc2c(c1)N(S(C)(=O)=O)CC(C(=O)Nc1ccccc1C(=O)N1CCCCC1)O2. The third-order valence-electron chi connectivity index (χ3n) is 5.74. The van der Waals surface area contributed by atoms with Gasteiger partial charge in [-0.3, -0.25) is 13.9 Å². The molecule has 0 radical (unpaired) electrons. The van der Waals surface area contributed by atoms with Gasteiger partial charge >= 0.3 is 0 Å². The lowest BCUT2D eigenvalue weighted by molar-refractivity contribution is -0.122. The monoisotopic (exact) mass is 457 g/mol. The fourth-order valence-electron chi connectivity index (χ4n) is 4.07. The molecule has 4 rings (SSSR count). The van der Waals surface area contributed by atoms with Gasteiger partial charge in [0.15, 0.2) is 6.10 Å². The molecule has 9 heteroatoms. The zero-order valence-electron chi connectivity index (χ0n) is 18.2. The van der Waals surface area contributed by atoms with E-state index in [0.717, 1.165) is 31.1 Å². The highest BCUT2D eigenvalue weighted by Gasteiger charge is 2.35. The molecule has 2 aromatic carbocycles. The smallest absolute Gasteiger partial charge is 0.267 e. The molecule has 170 valence electrons. The summed E-state index contributed by atoms with van der Waals surface area (Å²) in [7, 11) is -3.62. The maximum Gasteiger partial charge on any atom is 0.267 e. The van der Waals surface area contributed by atoms with Gasteiger partial charge < -0.3 is 15.0 Å². The Morgan fingerprint density at radius 1 is 1.06 bits per heavy atom. The maximum absolute atomic E-state index is 13.1. The van der Waals surface area contributed by atoms with Gasteiger partial charge in [-0.15, -0.1) is 0 Å². The van der Waals surface area contributed by atoms with Crippen molar-refractivity contribution in [2.45, 2.75) is 32.3 Å². The zero-order chi connectivity index (χ0) is 22.9. The quantitative estimate of drug-likeness (QED) is 0.762. The molecule has 0 saturated carbocycles. The number of para-hydroxylation sites is 1. The van der Waals surface area contributed by atoms with Gasteiger partial charge in [0.25, 0.3) is 11.8 Å². The van der Waals surface area contributed by atoms with E-state index in [-0.39, 0.29) is 12.5 Å². The van der Waals surface area contributed by atoms with Crippen molar-refractivity contribution in [1.82, 2.24) is 4.90 Å². The van der Waals surface area contributed by atoms with E-state index in [4.69, 9.17) is 4.74 Å². The van der Waals surface area contributed by atoms with Gasteiger partial charge in [-0.05, 0) is 56.0 Å². The van der Waals surface area contributed by atoms with Crippen LogP contribution < -0.4 is 14.4 Å². The largest absolute Gasteiger partial charge is 0.476 e. The van der Waals surface area contributed by atoms with E-state index in [0.29, 0.717) is 35.8 Å². The zero-order valence-corrected chi connectivity index (χ0v) is 19.0. The van der Waals surface area contributed by atoms with Crippen molar-refractivity contribution in [3.8, 4) is 5.75 Å². The Labute approximate surface area is 188 Å².